The summed E-state index contributed by atoms with van der Waals surface area (Å²) in [7, 11) is 0. The molecule has 1 amide bonds. The monoisotopic (exact) mass is 421 g/mol. The van der Waals surface area contributed by atoms with Crippen LogP contribution in [0.4, 0.5) is 4.39 Å². The predicted octanol–water partition coefficient (Wildman–Crippen LogP) is 2.28. The first kappa shape index (κ1) is 23.1. The van der Waals surface area contributed by atoms with Crippen LogP contribution >= 0.6 is 0 Å². The second kappa shape index (κ2) is 11.7. The second-order valence-corrected chi connectivity index (χ2v) is 8.88. The Morgan fingerprint density at radius 3 is 2.87 bits per heavy atom. The summed E-state index contributed by atoms with van der Waals surface area (Å²) in [5.41, 5.74) is 0.862. The molecule has 7 heteroatoms. The van der Waals surface area contributed by atoms with Crippen molar-refractivity contribution in [3.8, 4) is 0 Å². The minimum Gasteiger partial charge on any atom is -0.377 e. The summed E-state index contributed by atoms with van der Waals surface area (Å²) in [6.07, 6.45) is 2.22. The Morgan fingerprint density at radius 1 is 1.30 bits per heavy atom. The van der Waals surface area contributed by atoms with E-state index in [0.717, 1.165) is 44.6 Å². The van der Waals surface area contributed by atoms with Crippen molar-refractivity contribution < 1.29 is 18.7 Å². The van der Waals surface area contributed by atoms with Crippen LogP contribution in [-0.4, -0.2) is 80.4 Å². The zero-order chi connectivity index (χ0) is 21.3. The minimum atomic E-state index is -0.255. The summed E-state index contributed by atoms with van der Waals surface area (Å²) in [6.45, 7) is 10.7. The van der Waals surface area contributed by atoms with Gasteiger partial charge in [0.25, 0.3) is 0 Å². The van der Waals surface area contributed by atoms with E-state index in [4.69, 9.17) is 9.47 Å². The zero-order valence-electron chi connectivity index (χ0n) is 18.3. The molecule has 2 unspecified atom stereocenters. The molecule has 1 N–H and O–H groups in total. The second-order valence-electron chi connectivity index (χ2n) is 8.88. The maximum Gasteiger partial charge on any atom is 0.234 e. The average molecular weight is 422 g/mol. The Hall–Kier alpha value is -1.54. The molecule has 2 heterocycles. The van der Waals surface area contributed by atoms with Crippen LogP contribution in [0.3, 0.4) is 0 Å². The number of amides is 1. The van der Waals surface area contributed by atoms with Crippen LogP contribution < -0.4 is 5.32 Å². The molecule has 0 radical (unpaired) electrons. The maximum atomic E-state index is 13.6. The highest BCUT2D eigenvalue weighted by Gasteiger charge is 2.23. The molecule has 0 bridgehead atoms. The van der Waals surface area contributed by atoms with Gasteiger partial charge in [0.15, 0.2) is 0 Å². The molecule has 0 saturated carbocycles. The highest BCUT2D eigenvalue weighted by Crippen LogP contribution is 2.15. The van der Waals surface area contributed by atoms with E-state index < -0.39 is 0 Å². The molecule has 2 atom stereocenters. The summed E-state index contributed by atoms with van der Waals surface area (Å²) in [5.74, 6) is 0.330. The first-order chi connectivity index (χ1) is 14.5. The molecule has 1 aromatic rings. The van der Waals surface area contributed by atoms with Gasteiger partial charge in [-0.1, -0.05) is 26.0 Å². The van der Waals surface area contributed by atoms with Gasteiger partial charge in [-0.3, -0.25) is 14.6 Å². The normalized spacial score (nSPS) is 22.7. The van der Waals surface area contributed by atoms with E-state index in [1.165, 1.54) is 12.1 Å². The Bertz CT molecular complexity index is 667. The number of nitrogens with zero attached hydrogens (tertiary/aromatic N) is 2. The molecule has 2 aliphatic heterocycles. The topological polar surface area (TPSA) is 54.0 Å². The third-order valence-corrected chi connectivity index (χ3v) is 5.52. The fraction of sp³-hybridized carbons (Fsp3) is 0.696. The molecule has 0 aliphatic carbocycles. The van der Waals surface area contributed by atoms with Crippen molar-refractivity contribution in [1.82, 2.24) is 15.1 Å². The summed E-state index contributed by atoms with van der Waals surface area (Å²) in [5, 5.41) is 3.03. The van der Waals surface area contributed by atoms with Gasteiger partial charge in [0.05, 0.1) is 25.4 Å². The minimum absolute atomic E-state index is 0.0243. The van der Waals surface area contributed by atoms with Crippen molar-refractivity contribution in [2.45, 2.75) is 45.4 Å². The Kier molecular flexibility index (Phi) is 9.05. The van der Waals surface area contributed by atoms with Crippen LogP contribution in [0.5, 0.6) is 0 Å². The van der Waals surface area contributed by atoms with Gasteiger partial charge in [-0.15, -0.1) is 0 Å². The smallest absolute Gasteiger partial charge is 0.234 e. The average Bonchev–Trinajstić information content (AvgIpc) is 3.19. The van der Waals surface area contributed by atoms with Gasteiger partial charge >= 0.3 is 0 Å². The number of ether oxygens (including phenoxy) is 2. The molecule has 6 nitrogen and oxygen atoms in total. The van der Waals surface area contributed by atoms with Crippen molar-refractivity contribution in [2.24, 2.45) is 5.92 Å². The number of carbonyl (C=O) groups excluding carboxylic acids is 1. The molecule has 2 fully saturated rings. The molecule has 2 aliphatic rings. The molecule has 168 valence electrons. The van der Waals surface area contributed by atoms with Crippen molar-refractivity contribution in [1.29, 1.82) is 0 Å². The number of hydrogen-bond acceptors (Lipinski definition) is 5. The van der Waals surface area contributed by atoms with E-state index in [9.17, 15) is 9.18 Å². The SMILES string of the molecule is CC(C)CN1CCOC(CNC(=O)CN(Cc2cccc(F)c2)CC2CCCO2)C1. The van der Waals surface area contributed by atoms with E-state index in [1.54, 1.807) is 6.07 Å². The number of nitrogens with one attached hydrogen (secondary N) is 1. The summed E-state index contributed by atoms with van der Waals surface area (Å²) in [4.78, 5) is 17.1. The lowest BCUT2D eigenvalue weighted by molar-refractivity contribution is -0.124. The quantitative estimate of drug-likeness (QED) is 0.628. The van der Waals surface area contributed by atoms with Gasteiger partial charge in [0.1, 0.15) is 5.82 Å². The van der Waals surface area contributed by atoms with Crippen LogP contribution in [0.2, 0.25) is 0 Å². The molecule has 1 aromatic carbocycles. The van der Waals surface area contributed by atoms with Gasteiger partial charge in [-0.2, -0.15) is 0 Å². The fourth-order valence-corrected chi connectivity index (χ4v) is 4.23. The van der Waals surface area contributed by atoms with Crippen molar-refractivity contribution in [3.63, 3.8) is 0 Å². The molecule has 0 spiro atoms. The molecule has 2 saturated heterocycles. The molecular weight excluding hydrogens is 385 g/mol. The van der Waals surface area contributed by atoms with Gasteiger partial charge in [0, 0.05) is 45.9 Å². The van der Waals surface area contributed by atoms with Crippen molar-refractivity contribution >= 4 is 5.91 Å². The van der Waals surface area contributed by atoms with Gasteiger partial charge in [0.2, 0.25) is 5.91 Å². The number of rotatable bonds is 10. The number of carbonyl (C=O) groups is 1. The van der Waals surface area contributed by atoms with Crippen LogP contribution in [0, 0.1) is 11.7 Å². The highest BCUT2D eigenvalue weighted by atomic mass is 19.1. The van der Waals surface area contributed by atoms with Crippen molar-refractivity contribution in [2.75, 3.05) is 52.5 Å². The van der Waals surface area contributed by atoms with E-state index in [0.29, 0.717) is 32.2 Å². The number of halogens is 1. The third kappa shape index (κ3) is 7.95. The van der Waals surface area contributed by atoms with Gasteiger partial charge in [-0.25, -0.2) is 4.39 Å². The van der Waals surface area contributed by atoms with Crippen LogP contribution in [-0.2, 0) is 20.8 Å². The Labute approximate surface area is 179 Å². The van der Waals surface area contributed by atoms with E-state index in [1.807, 2.05) is 11.0 Å². The summed E-state index contributed by atoms with van der Waals surface area (Å²) >= 11 is 0. The first-order valence-electron chi connectivity index (χ1n) is 11.2. The van der Waals surface area contributed by atoms with Gasteiger partial charge < -0.3 is 14.8 Å². The standard InChI is InChI=1S/C23H36FN3O3/c1-18(2)13-26-8-10-30-22(16-26)12-25-23(28)17-27(15-21-7-4-9-29-21)14-19-5-3-6-20(24)11-19/h3,5-6,11,18,21-22H,4,7-10,12-17H2,1-2H3,(H,25,28). The number of hydrogen-bond donors (Lipinski definition) is 1. The Balaban J connectivity index is 1.49. The van der Waals surface area contributed by atoms with Crippen LogP contribution in [0.15, 0.2) is 24.3 Å². The first-order valence-corrected chi connectivity index (χ1v) is 11.2. The molecule has 3 rings (SSSR count). The third-order valence-electron chi connectivity index (χ3n) is 5.52. The summed E-state index contributed by atoms with van der Waals surface area (Å²) in [6, 6.07) is 6.56. The van der Waals surface area contributed by atoms with Crippen LogP contribution in [0.1, 0.15) is 32.3 Å². The largest absolute Gasteiger partial charge is 0.377 e. The molecule has 30 heavy (non-hydrogen) atoms. The maximum absolute atomic E-state index is 13.6. The van der Waals surface area contributed by atoms with E-state index >= 15 is 0 Å². The number of benzene rings is 1. The highest BCUT2D eigenvalue weighted by molar-refractivity contribution is 5.78. The predicted molar refractivity (Wildman–Crippen MR) is 115 cm³/mol. The lowest BCUT2D eigenvalue weighted by atomic mass is 10.1. The van der Waals surface area contributed by atoms with Crippen LogP contribution in [0.25, 0.3) is 0 Å². The fourth-order valence-electron chi connectivity index (χ4n) is 4.23. The summed E-state index contributed by atoms with van der Waals surface area (Å²) < 4.78 is 25.2. The molecule has 0 aromatic heterocycles. The van der Waals surface area contributed by atoms with E-state index in [2.05, 4.69) is 24.1 Å². The van der Waals surface area contributed by atoms with E-state index in [-0.39, 0.29) is 30.5 Å². The number of morpholine rings is 1. The Morgan fingerprint density at radius 2 is 2.13 bits per heavy atom. The lowest BCUT2D eigenvalue weighted by Gasteiger charge is -2.34. The van der Waals surface area contributed by atoms with Crippen molar-refractivity contribution in [3.05, 3.63) is 35.6 Å². The van der Waals surface area contributed by atoms with Gasteiger partial charge in [-0.05, 0) is 36.5 Å². The molecular formula is C23H36FN3O3. The lowest BCUT2D eigenvalue weighted by Crippen LogP contribution is -2.49. The zero-order valence-corrected chi connectivity index (χ0v) is 18.3.